The summed E-state index contributed by atoms with van der Waals surface area (Å²) < 4.78 is 6.23. The van der Waals surface area contributed by atoms with E-state index in [0.29, 0.717) is 12.2 Å². The number of ether oxygens (including phenoxy) is 1. The fourth-order valence-electron chi connectivity index (χ4n) is 3.65. The van der Waals surface area contributed by atoms with Gasteiger partial charge in [-0.05, 0) is 56.4 Å². The summed E-state index contributed by atoms with van der Waals surface area (Å²) in [5.74, 6) is 1.40. The lowest BCUT2D eigenvalue weighted by molar-refractivity contribution is -0.151. The van der Waals surface area contributed by atoms with E-state index < -0.39 is 0 Å². The van der Waals surface area contributed by atoms with Crippen LogP contribution >= 0.6 is 0 Å². The zero-order valence-electron chi connectivity index (χ0n) is 12.1. The Labute approximate surface area is 115 Å². The Bertz CT molecular complexity index is 524. The molecule has 102 valence electrons. The first-order valence-corrected chi connectivity index (χ1v) is 7.31. The molecule has 0 aliphatic heterocycles. The van der Waals surface area contributed by atoms with Crippen LogP contribution in [0.1, 0.15) is 48.8 Å². The normalized spacial score (nSPS) is 24.6. The third-order valence-electron chi connectivity index (χ3n) is 5.07. The summed E-state index contributed by atoms with van der Waals surface area (Å²) in [7, 11) is 0. The summed E-state index contributed by atoms with van der Waals surface area (Å²) in [6.07, 6.45) is 5.13. The van der Waals surface area contributed by atoms with E-state index in [0.717, 1.165) is 18.6 Å². The van der Waals surface area contributed by atoms with Gasteiger partial charge in [0.15, 0.2) is 0 Å². The fourth-order valence-corrected chi connectivity index (χ4v) is 3.65. The first-order valence-electron chi connectivity index (χ1n) is 7.31. The molecule has 0 radical (unpaired) electrons. The Morgan fingerprint density at radius 2 is 1.84 bits per heavy atom. The minimum Gasteiger partial charge on any atom is -0.489 e. The molecular formula is C17H22O2. The van der Waals surface area contributed by atoms with E-state index in [1.165, 1.54) is 29.5 Å². The van der Waals surface area contributed by atoms with Crippen molar-refractivity contribution in [2.45, 2.75) is 59.0 Å². The second-order valence-electron chi connectivity index (χ2n) is 6.30. The number of rotatable bonds is 2. The standard InChI is InChI=1S/C17H22O2/c1-11-8-12(2)13(3)14(9-11)19-16-10-15(18)17(16)6-4-5-7-17/h8-9,16H,4-7,10H2,1-3H3. The third kappa shape index (κ3) is 1.89. The van der Waals surface area contributed by atoms with Gasteiger partial charge in [0.2, 0.25) is 0 Å². The molecule has 1 aromatic carbocycles. The molecule has 1 spiro atoms. The van der Waals surface area contributed by atoms with Crippen molar-refractivity contribution in [1.82, 2.24) is 0 Å². The molecule has 0 N–H and O–H groups in total. The predicted octanol–water partition coefficient (Wildman–Crippen LogP) is 3.89. The van der Waals surface area contributed by atoms with Gasteiger partial charge >= 0.3 is 0 Å². The Balaban J connectivity index is 1.85. The largest absolute Gasteiger partial charge is 0.489 e. The van der Waals surface area contributed by atoms with Gasteiger partial charge in [-0.3, -0.25) is 4.79 Å². The number of carbonyl (C=O) groups is 1. The van der Waals surface area contributed by atoms with Gasteiger partial charge in [-0.25, -0.2) is 0 Å². The monoisotopic (exact) mass is 258 g/mol. The number of carbonyl (C=O) groups excluding carboxylic acids is 1. The van der Waals surface area contributed by atoms with Crippen molar-refractivity contribution in [1.29, 1.82) is 0 Å². The quantitative estimate of drug-likeness (QED) is 0.804. The second-order valence-corrected chi connectivity index (χ2v) is 6.30. The van der Waals surface area contributed by atoms with E-state index in [4.69, 9.17) is 4.74 Å². The number of aryl methyl sites for hydroxylation is 2. The molecule has 2 nitrogen and oxygen atoms in total. The van der Waals surface area contributed by atoms with E-state index >= 15 is 0 Å². The Kier molecular flexibility index (Phi) is 2.92. The highest BCUT2D eigenvalue weighted by atomic mass is 16.5. The van der Waals surface area contributed by atoms with Crippen LogP contribution < -0.4 is 4.74 Å². The number of hydrogen-bond acceptors (Lipinski definition) is 2. The van der Waals surface area contributed by atoms with Crippen LogP contribution in [0.4, 0.5) is 0 Å². The summed E-state index contributed by atoms with van der Waals surface area (Å²) in [5, 5.41) is 0. The minimum absolute atomic E-state index is 0.113. The Morgan fingerprint density at radius 3 is 2.47 bits per heavy atom. The summed E-state index contributed by atoms with van der Waals surface area (Å²) in [5.41, 5.74) is 3.56. The van der Waals surface area contributed by atoms with Crippen LogP contribution in [0.15, 0.2) is 12.1 Å². The summed E-state index contributed by atoms with van der Waals surface area (Å²) >= 11 is 0. The van der Waals surface area contributed by atoms with Gasteiger partial charge in [0.25, 0.3) is 0 Å². The zero-order valence-corrected chi connectivity index (χ0v) is 12.1. The van der Waals surface area contributed by atoms with Crippen LogP contribution in [0.3, 0.4) is 0 Å². The molecule has 2 saturated carbocycles. The number of ketones is 1. The van der Waals surface area contributed by atoms with Crippen molar-refractivity contribution < 1.29 is 9.53 Å². The second kappa shape index (κ2) is 4.36. The van der Waals surface area contributed by atoms with Gasteiger partial charge in [-0.15, -0.1) is 0 Å². The van der Waals surface area contributed by atoms with E-state index in [2.05, 4.69) is 32.9 Å². The average molecular weight is 258 g/mol. The Morgan fingerprint density at radius 1 is 1.16 bits per heavy atom. The average Bonchev–Trinajstić information content (AvgIpc) is 2.87. The Hall–Kier alpha value is -1.31. The van der Waals surface area contributed by atoms with Crippen LogP contribution in [0.2, 0.25) is 0 Å². The SMILES string of the molecule is Cc1cc(C)c(C)c(OC2CC(=O)C23CCCC3)c1. The van der Waals surface area contributed by atoms with Crippen LogP contribution in [0, 0.1) is 26.2 Å². The first kappa shape index (κ1) is 12.7. The molecule has 2 aliphatic carbocycles. The molecule has 2 heteroatoms. The maximum Gasteiger partial charge on any atom is 0.146 e. The highest BCUT2D eigenvalue weighted by molar-refractivity contribution is 5.92. The van der Waals surface area contributed by atoms with Gasteiger partial charge in [-0.1, -0.05) is 18.9 Å². The third-order valence-corrected chi connectivity index (χ3v) is 5.07. The summed E-state index contributed by atoms with van der Waals surface area (Å²) in [4.78, 5) is 12.0. The van der Waals surface area contributed by atoms with Crippen molar-refractivity contribution in [3.63, 3.8) is 0 Å². The van der Waals surface area contributed by atoms with E-state index in [9.17, 15) is 4.79 Å². The maximum atomic E-state index is 12.0. The first-order chi connectivity index (χ1) is 9.03. The molecule has 3 rings (SSSR count). The molecule has 1 atom stereocenters. The van der Waals surface area contributed by atoms with Crippen LogP contribution in [0.5, 0.6) is 5.75 Å². The topological polar surface area (TPSA) is 26.3 Å². The highest BCUT2D eigenvalue weighted by Gasteiger charge is 2.57. The molecule has 2 fully saturated rings. The van der Waals surface area contributed by atoms with Crippen molar-refractivity contribution in [2.24, 2.45) is 5.41 Å². The number of benzene rings is 1. The van der Waals surface area contributed by atoms with E-state index in [1.54, 1.807) is 0 Å². The van der Waals surface area contributed by atoms with E-state index in [1.807, 2.05) is 0 Å². The summed E-state index contributed by atoms with van der Waals surface area (Å²) in [6.45, 7) is 6.31. The minimum atomic E-state index is -0.135. The lowest BCUT2D eigenvalue weighted by Gasteiger charge is -2.45. The van der Waals surface area contributed by atoms with Crippen LogP contribution in [-0.2, 0) is 4.79 Å². The molecule has 0 heterocycles. The molecule has 19 heavy (non-hydrogen) atoms. The lowest BCUT2D eigenvalue weighted by atomic mass is 9.63. The highest BCUT2D eigenvalue weighted by Crippen LogP contribution is 2.52. The maximum absolute atomic E-state index is 12.0. The van der Waals surface area contributed by atoms with Gasteiger partial charge in [0, 0.05) is 6.42 Å². The zero-order chi connectivity index (χ0) is 13.6. The van der Waals surface area contributed by atoms with E-state index in [-0.39, 0.29) is 11.5 Å². The summed E-state index contributed by atoms with van der Waals surface area (Å²) in [6, 6.07) is 4.28. The van der Waals surface area contributed by atoms with Gasteiger partial charge in [0.1, 0.15) is 17.6 Å². The number of hydrogen-bond donors (Lipinski definition) is 0. The van der Waals surface area contributed by atoms with Crippen molar-refractivity contribution >= 4 is 5.78 Å². The molecule has 0 aromatic heterocycles. The molecule has 1 aromatic rings. The van der Waals surface area contributed by atoms with Crippen molar-refractivity contribution in [3.05, 3.63) is 28.8 Å². The van der Waals surface area contributed by atoms with Crippen molar-refractivity contribution in [2.75, 3.05) is 0 Å². The van der Waals surface area contributed by atoms with Gasteiger partial charge in [-0.2, -0.15) is 0 Å². The van der Waals surface area contributed by atoms with Gasteiger partial charge < -0.3 is 4.74 Å². The molecule has 0 saturated heterocycles. The van der Waals surface area contributed by atoms with Crippen LogP contribution in [0.25, 0.3) is 0 Å². The molecule has 0 amide bonds. The van der Waals surface area contributed by atoms with Crippen LogP contribution in [-0.4, -0.2) is 11.9 Å². The van der Waals surface area contributed by atoms with Crippen molar-refractivity contribution in [3.8, 4) is 5.75 Å². The molecular weight excluding hydrogens is 236 g/mol. The predicted molar refractivity (Wildman–Crippen MR) is 75.6 cm³/mol. The number of Topliss-reactive ketones (excluding diaryl/α,β-unsaturated/α-hetero) is 1. The van der Waals surface area contributed by atoms with Gasteiger partial charge in [0.05, 0.1) is 5.41 Å². The molecule has 2 aliphatic rings. The smallest absolute Gasteiger partial charge is 0.146 e. The molecule has 1 unspecified atom stereocenters. The lowest BCUT2D eigenvalue weighted by Crippen LogP contribution is -2.55. The fraction of sp³-hybridized carbons (Fsp3) is 0.588. The molecule has 0 bridgehead atoms.